The molecule has 1 aromatic rings. The Bertz CT molecular complexity index is 352. The van der Waals surface area contributed by atoms with Crippen LogP contribution in [0.4, 0.5) is 0 Å². The second-order valence-electron chi connectivity index (χ2n) is 2.41. The Hall–Kier alpha value is -0.430. The van der Waals surface area contributed by atoms with Crippen molar-refractivity contribution in [1.82, 2.24) is 4.98 Å². The van der Waals surface area contributed by atoms with Crippen LogP contribution in [0, 0.1) is 0 Å². The summed E-state index contributed by atoms with van der Waals surface area (Å²) in [7, 11) is 0. The standard InChI is InChI=1S/C8H9NO4S.Na/c1-2-13-6(10)3-5-4-14-7(9-5)8(11)12;/h4H,2-3H2,1H3,(H,11,12);/q;+1/p-1. The molecule has 0 saturated heterocycles. The summed E-state index contributed by atoms with van der Waals surface area (Å²) in [6.45, 7) is 2.00. The van der Waals surface area contributed by atoms with Crippen LogP contribution >= 0.6 is 11.3 Å². The minimum Gasteiger partial charge on any atom is -0.542 e. The van der Waals surface area contributed by atoms with E-state index in [9.17, 15) is 14.7 Å². The van der Waals surface area contributed by atoms with Crippen molar-refractivity contribution in [2.45, 2.75) is 13.3 Å². The summed E-state index contributed by atoms with van der Waals surface area (Å²) in [4.78, 5) is 25.0. The van der Waals surface area contributed by atoms with E-state index >= 15 is 0 Å². The number of aromatic nitrogens is 1. The maximum atomic E-state index is 11.0. The van der Waals surface area contributed by atoms with Crippen LogP contribution in [0.1, 0.15) is 22.4 Å². The third-order valence-electron chi connectivity index (χ3n) is 1.36. The van der Waals surface area contributed by atoms with Crippen molar-refractivity contribution in [2.75, 3.05) is 6.61 Å². The van der Waals surface area contributed by atoms with E-state index in [1.165, 1.54) is 5.38 Å². The molecule has 15 heavy (non-hydrogen) atoms. The molecule has 0 amide bonds. The van der Waals surface area contributed by atoms with Gasteiger partial charge in [0.2, 0.25) is 0 Å². The number of nitrogens with zero attached hydrogens (tertiary/aromatic N) is 1. The molecule has 0 atom stereocenters. The molecule has 1 aromatic heterocycles. The van der Waals surface area contributed by atoms with Crippen LogP contribution < -0.4 is 34.7 Å². The monoisotopic (exact) mass is 237 g/mol. The Morgan fingerprint density at radius 1 is 1.60 bits per heavy atom. The molecule has 1 rings (SSSR count). The molecule has 0 spiro atoms. The molecule has 7 heteroatoms. The molecule has 0 saturated carbocycles. The first kappa shape index (κ1) is 14.6. The van der Waals surface area contributed by atoms with E-state index < -0.39 is 11.9 Å². The number of esters is 1. The summed E-state index contributed by atoms with van der Waals surface area (Å²) in [5.41, 5.74) is 0.396. The van der Waals surface area contributed by atoms with E-state index in [0.29, 0.717) is 12.3 Å². The molecule has 1 heterocycles. The summed E-state index contributed by atoms with van der Waals surface area (Å²) >= 11 is 0.937. The summed E-state index contributed by atoms with van der Waals surface area (Å²) in [6.07, 6.45) is -0.00236. The van der Waals surface area contributed by atoms with Gasteiger partial charge >= 0.3 is 35.5 Å². The van der Waals surface area contributed by atoms with E-state index in [0.717, 1.165) is 11.3 Å². The number of hydrogen-bond donors (Lipinski definition) is 0. The predicted molar refractivity (Wildman–Crippen MR) is 46.8 cm³/mol. The van der Waals surface area contributed by atoms with Gasteiger partial charge in [0.05, 0.1) is 18.7 Å². The molecule has 0 unspecified atom stereocenters. The number of carboxylic acid groups (broad SMARTS) is 1. The fourth-order valence-electron chi connectivity index (χ4n) is 0.842. The van der Waals surface area contributed by atoms with Crippen molar-refractivity contribution in [1.29, 1.82) is 0 Å². The van der Waals surface area contributed by atoms with E-state index in [-0.39, 0.29) is 41.0 Å². The first-order chi connectivity index (χ1) is 6.63. The molecule has 76 valence electrons. The van der Waals surface area contributed by atoms with Gasteiger partial charge in [0.25, 0.3) is 0 Å². The smallest absolute Gasteiger partial charge is 0.542 e. The molecule has 5 nitrogen and oxygen atoms in total. The van der Waals surface area contributed by atoms with E-state index in [4.69, 9.17) is 0 Å². The average Bonchev–Trinajstić information content (AvgIpc) is 2.53. The maximum absolute atomic E-state index is 11.0. The Morgan fingerprint density at radius 2 is 2.27 bits per heavy atom. The van der Waals surface area contributed by atoms with E-state index in [1.54, 1.807) is 6.92 Å². The minimum absolute atomic E-state index is 0. The number of carboxylic acids is 1. The zero-order valence-electron chi connectivity index (χ0n) is 8.48. The second kappa shape index (κ2) is 6.95. The molecule has 0 aliphatic heterocycles. The molecule has 0 N–H and O–H groups in total. The number of ether oxygens (including phenoxy) is 1. The van der Waals surface area contributed by atoms with Gasteiger partial charge in [-0.3, -0.25) is 4.79 Å². The third kappa shape index (κ3) is 4.74. The largest absolute Gasteiger partial charge is 1.00 e. The Kier molecular flexibility index (Phi) is 6.75. The molecule has 0 aliphatic rings. The zero-order chi connectivity index (χ0) is 10.6. The van der Waals surface area contributed by atoms with Crippen LogP contribution in [0.5, 0.6) is 0 Å². The predicted octanol–water partition coefficient (Wildman–Crippen LogP) is -3.38. The summed E-state index contributed by atoms with van der Waals surface area (Å²) in [5, 5.41) is 11.7. The number of aromatic carboxylic acids is 1. The summed E-state index contributed by atoms with van der Waals surface area (Å²) in [6, 6.07) is 0. The van der Waals surface area contributed by atoms with Crippen LogP contribution in [0.15, 0.2) is 5.38 Å². The molecule has 0 aliphatic carbocycles. The van der Waals surface area contributed by atoms with Gasteiger partial charge in [-0.15, -0.1) is 11.3 Å². The van der Waals surface area contributed by atoms with E-state index in [1.807, 2.05) is 0 Å². The summed E-state index contributed by atoms with van der Waals surface area (Å²) in [5.74, 6) is -1.74. The SMILES string of the molecule is CCOC(=O)Cc1csc(C(=O)[O-])n1.[Na+]. The fraction of sp³-hybridized carbons (Fsp3) is 0.375. The van der Waals surface area contributed by atoms with Gasteiger partial charge in [-0.2, -0.15) is 0 Å². The Morgan fingerprint density at radius 3 is 2.73 bits per heavy atom. The number of hydrogen-bond acceptors (Lipinski definition) is 6. The van der Waals surface area contributed by atoms with Crippen molar-refractivity contribution in [2.24, 2.45) is 0 Å². The van der Waals surface area contributed by atoms with Crippen LogP contribution in [0.25, 0.3) is 0 Å². The van der Waals surface area contributed by atoms with Gasteiger partial charge in [0.1, 0.15) is 11.0 Å². The molecule has 0 radical (unpaired) electrons. The summed E-state index contributed by atoms with van der Waals surface area (Å²) < 4.78 is 4.68. The third-order valence-corrected chi connectivity index (χ3v) is 2.23. The van der Waals surface area contributed by atoms with Crippen molar-refractivity contribution in [3.05, 3.63) is 16.1 Å². The van der Waals surface area contributed by atoms with Crippen LogP contribution in [-0.4, -0.2) is 23.5 Å². The van der Waals surface area contributed by atoms with Gasteiger partial charge in [0, 0.05) is 5.38 Å². The quantitative estimate of drug-likeness (QED) is 0.403. The van der Waals surface area contributed by atoms with E-state index in [2.05, 4.69) is 9.72 Å². The van der Waals surface area contributed by atoms with Crippen LogP contribution in [0.2, 0.25) is 0 Å². The van der Waals surface area contributed by atoms with Gasteiger partial charge in [-0.25, -0.2) is 4.98 Å². The maximum Gasteiger partial charge on any atom is 1.00 e. The van der Waals surface area contributed by atoms with Crippen molar-refractivity contribution >= 4 is 23.3 Å². The average molecular weight is 237 g/mol. The van der Waals surface area contributed by atoms with Crippen molar-refractivity contribution < 1.29 is 49.0 Å². The van der Waals surface area contributed by atoms with Crippen LogP contribution in [-0.2, 0) is 16.0 Å². The molecule has 0 bridgehead atoms. The van der Waals surface area contributed by atoms with Crippen molar-refractivity contribution in [3.8, 4) is 0 Å². The van der Waals surface area contributed by atoms with Gasteiger partial charge in [-0.05, 0) is 6.92 Å². The number of thiazole rings is 1. The molecular weight excluding hydrogens is 229 g/mol. The number of carbonyl (C=O) groups is 2. The molecule has 0 fully saturated rings. The Balaban J connectivity index is 0.00000196. The molecule has 0 aromatic carbocycles. The van der Waals surface area contributed by atoms with Crippen LogP contribution in [0.3, 0.4) is 0 Å². The first-order valence-electron chi connectivity index (χ1n) is 3.95. The first-order valence-corrected chi connectivity index (χ1v) is 4.82. The minimum atomic E-state index is -1.33. The van der Waals surface area contributed by atoms with Gasteiger partial charge < -0.3 is 14.6 Å². The fourth-order valence-corrected chi connectivity index (χ4v) is 1.49. The number of rotatable bonds is 4. The van der Waals surface area contributed by atoms with Crippen molar-refractivity contribution in [3.63, 3.8) is 0 Å². The second-order valence-corrected chi connectivity index (χ2v) is 3.27. The Labute approximate surface area is 113 Å². The molecular formula is C8H8NNaO4S. The number of carbonyl (C=O) groups excluding carboxylic acids is 2. The van der Waals surface area contributed by atoms with Gasteiger partial charge in [-0.1, -0.05) is 0 Å². The van der Waals surface area contributed by atoms with Gasteiger partial charge in [0.15, 0.2) is 0 Å². The normalized spacial score (nSPS) is 9.13. The zero-order valence-corrected chi connectivity index (χ0v) is 11.3. The topological polar surface area (TPSA) is 79.3 Å².